The number of nitrogens with one attached hydrogen (secondary N) is 2. The van der Waals surface area contributed by atoms with Crippen LogP contribution in [0.25, 0.3) is 6.08 Å². The number of hydrogen-bond acceptors (Lipinski definition) is 4. The summed E-state index contributed by atoms with van der Waals surface area (Å²) in [6, 6.07) is 5.22. The van der Waals surface area contributed by atoms with Crippen LogP contribution in [0.1, 0.15) is 60.2 Å². The number of nitrogens with zero attached hydrogens (tertiary/aromatic N) is 3. The van der Waals surface area contributed by atoms with E-state index in [0.717, 1.165) is 34.4 Å². The van der Waals surface area contributed by atoms with E-state index >= 15 is 0 Å². The Balaban J connectivity index is 1.60. The summed E-state index contributed by atoms with van der Waals surface area (Å²) in [7, 11) is 1.61. The summed E-state index contributed by atoms with van der Waals surface area (Å²) < 4.78 is 3.63. The van der Waals surface area contributed by atoms with E-state index in [1.807, 2.05) is 48.9 Å². The second-order valence-corrected chi connectivity index (χ2v) is 10.0. The van der Waals surface area contributed by atoms with Crippen LogP contribution in [0.15, 0.2) is 42.4 Å². The lowest BCUT2D eigenvalue weighted by Gasteiger charge is -2.21. The number of carboxylic acids is 1. The summed E-state index contributed by atoms with van der Waals surface area (Å²) in [4.78, 5) is 36.8. The second-order valence-electron chi connectivity index (χ2n) is 9.59. The molecule has 0 spiro atoms. The van der Waals surface area contributed by atoms with Gasteiger partial charge in [-0.2, -0.15) is 5.10 Å². The number of carbonyl (C=O) groups is 3. The van der Waals surface area contributed by atoms with Gasteiger partial charge in [0, 0.05) is 42.8 Å². The zero-order valence-electron chi connectivity index (χ0n) is 21.8. The molecule has 38 heavy (non-hydrogen) atoms. The van der Waals surface area contributed by atoms with Gasteiger partial charge in [-0.05, 0) is 73.9 Å². The Kier molecular flexibility index (Phi) is 8.36. The number of rotatable bonds is 10. The molecule has 1 unspecified atom stereocenters. The van der Waals surface area contributed by atoms with Crippen molar-refractivity contribution in [1.29, 1.82) is 0 Å². The van der Waals surface area contributed by atoms with E-state index in [2.05, 4.69) is 15.7 Å². The van der Waals surface area contributed by atoms with Crippen LogP contribution in [-0.2, 0) is 33.8 Å². The molecular weight excluding hydrogens is 506 g/mol. The van der Waals surface area contributed by atoms with Crippen LogP contribution < -0.4 is 10.6 Å². The van der Waals surface area contributed by atoms with E-state index < -0.39 is 12.0 Å². The predicted molar refractivity (Wildman–Crippen MR) is 146 cm³/mol. The minimum Gasteiger partial charge on any atom is -0.481 e. The molecule has 3 N–H and O–H groups in total. The van der Waals surface area contributed by atoms with Crippen molar-refractivity contribution in [3.8, 4) is 0 Å². The van der Waals surface area contributed by atoms with Crippen LogP contribution in [0, 0.1) is 6.92 Å². The molecular formula is C28H32ClN5O4. The van der Waals surface area contributed by atoms with Gasteiger partial charge in [-0.3, -0.25) is 19.1 Å². The normalized spacial score (nSPS) is 13.4. The SMILES string of the molecule is CNC(=O)C1=Cc2c(c(C)cn2C(C)C(=O)Nc2cc(Cn3cc(Cl)cn3)ccc2CCCC(=O)O)CC1. The third-order valence-electron chi connectivity index (χ3n) is 6.88. The van der Waals surface area contributed by atoms with Gasteiger partial charge in [-0.15, -0.1) is 0 Å². The van der Waals surface area contributed by atoms with E-state index in [-0.39, 0.29) is 18.2 Å². The van der Waals surface area contributed by atoms with Crippen LogP contribution in [0.3, 0.4) is 0 Å². The van der Waals surface area contributed by atoms with Crippen molar-refractivity contribution in [2.45, 2.75) is 58.5 Å². The Hall–Kier alpha value is -3.85. The Morgan fingerprint density at radius 2 is 2.00 bits per heavy atom. The summed E-state index contributed by atoms with van der Waals surface area (Å²) in [5, 5.41) is 19.6. The summed E-state index contributed by atoms with van der Waals surface area (Å²) in [5.41, 5.74) is 6.22. The largest absolute Gasteiger partial charge is 0.481 e. The lowest BCUT2D eigenvalue weighted by molar-refractivity contribution is -0.137. The van der Waals surface area contributed by atoms with Crippen LogP contribution in [0.4, 0.5) is 5.69 Å². The van der Waals surface area contributed by atoms with Crippen molar-refractivity contribution >= 4 is 41.1 Å². The van der Waals surface area contributed by atoms with Crippen molar-refractivity contribution in [3.63, 3.8) is 0 Å². The number of aromatic nitrogens is 3. The highest BCUT2D eigenvalue weighted by atomic mass is 35.5. The van der Waals surface area contributed by atoms with Gasteiger partial charge in [-0.25, -0.2) is 0 Å². The number of halogens is 1. The highest BCUT2D eigenvalue weighted by Gasteiger charge is 2.25. The Labute approximate surface area is 226 Å². The van der Waals surface area contributed by atoms with E-state index in [0.29, 0.717) is 42.1 Å². The molecule has 9 nitrogen and oxygen atoms in total. The molecule has 4 rings (SSSR count). The molecule has 0 saturated heterocycles. The molecule has 1 atom stereocenters. The van der Waals surface area contributed by atoms with Crippen LogP contribution in [0.2, 0.25) is 5.02 Å². The minimum atomic E-state index is -0.853. The van der Waals surface area contributed by atoms with Gasteiger partial charge in [0.15, 0.2) is 0 Å². The first-order chi connectivity index (χ1) is 18.2. The maximum Gasteiger partial charge on any atom is 0.303 e. The fourth-order valence-corrected chi connectivity index (χ4v) is 4.98. The molecule has 0 fully saturated rings. The molecule has 0 aliphatic heterocycles. The maximum absolute atomic E-state index is 13.5. The first kappa shape index (κ1) is 27.2. The predicted octanol–water partition coefficient (Wildman–Crippen LogP) is 4.38. The molecule has 0 radical (unpaired) electrons. The molecule has 2 heterocycles. The van der Waals surface area contributed by atoms with Crippen molar-refractivity contribution in [1.82, 2.24) is 19.7 Å². The topological polar surface area (TPSA) is 118 Å². The van der Waals surface area contributed by atoms with Crippen LogP contribution in [0.5, 0.6) is 0 Å². The second kappa shape index (κ2) is 11.7. The monoisotopic (exact) mass is 537 g/mol. The van der Waals surface area contributed by atoms with Gasteiger partial charge in [0.25, 0.3) is 0 Å². The highest BCUT2D eigenvalue weighted by Crippen LogP contribution is 2.31. The molecule has 0 bridgehead atoms. The minimum absolute atomic E-state index is 0.0477. The fourth-order valence-electron chi connectivity index (χ4n) is 4.82. The fraction of sp³-hybridized carbons (Fsp3) is 0.357. The zero-order chi connectivity index (χ0) is 27.4. The summed E-state index contributed by atoms with van der Waals surface area (Å²) >= 11 is 6.00. The number of aryl methyl sites for hydroxylation is 2. The molecule has 0 saturated carbocycles. The highest BCUT2D eigenvalue weighted by molar-refractivity contribution is 6.30. The number of hydrogen-bond donors (Lipinski definition) is 3. The van der Waals surface area contributed by atoms with Crippen LogP contribution >= 0.6 is 11.6 Å². The van der Waals surface area contributed by atoms with Gasteiger partial charge < -0.3 is 20.3 Å². The average molecular weight is 538 g/mol. The number of carbonyl (C=O) groups excluding carboxylic acids is 2. The molecule has 2 amide bonds. The molecule has 1 aliphatic carbocycles. The average Bonchev–Trinajstić information content (AvgIpc) is 3.45. The number of likely N-dealkylation sites (N-methyl/N-ethyl adjacent to an activating group) is 1. The standard InChI is InChI=1S/C28H32ClN5O4/c1-17-14-34(25-12-21(28(38)30-3)9-10-23(17)25)18(2)27(37)32-24-11-19(15-33-16-22(29)13-31-33)7-8-20(24)5-4-6-26(35)36/h7-8,11-14,16,18H,4-6,9-10,15H2,1-3H3,(H,30,38)(H,32,37)(H,35,36). The molecule has 2 aromatic heterocycles. The Bertz CT molecular complexity index is 1400. The number of benzene rings is 1. The quantitative estimate of drug-likeness (QED) is 0.355. The van der Waals surface area contributed by atoms with Gasteiger partial charge in [0.1, 0.15) is 6.04 Å². The number of aliphatic carboxylic acids is 1. The van der Waals surface area contributed by atoms with E-state index in [1.165, 1.54) is 0 Å². The molecule has 10 heteroatoms. The van der Waals surface area contributed by atoms with E-state index in [4.69, 9.17) is 16.7 Å². The van der Waals surface area contributed by atoms with Gasteiger partial charge in [-0.1, -0.05) is 23.7 Å². The van der Waals surface area contributed by atoms with Crippen molar-refractivity contribution in [2.24, 2.45) is 0 Å². The first-order valence-electron chi connectivity index (χ1n) is 12.6. The first-order valence-corrected chi connectivity index (χ1v) is 13.0. The molecule has 1 aliphatic rings. The van der Waals surface area contributed by atoms with Gasteiger partial charge >= 0.3 is 5.97 Å². The number of anilines is 1. The number of carboxylic acid groups (broad SMARTS) is 1. The summed E-state index contributed by atoms with van der Waals surface area (Å²) in [6.45, 7) is 4.32. The van der Waals surface area contributed by atoms with E-state index in [1.54, 1.807) is 24.1 Å². The lowest BCUT2D eigenvalue weighted by Crippen LogP contribution is -2.26. The third kappa shape index (κ3) is 6.16. The van der Waals surface area contributed by atoms with Crippen molar-refractivity contribution in [3.05, 3.63) is 75.3 Å². The van der Waals surface area contributed by atoms with Crippen molar-refractivity contribution in [2.75, 3.05) is 12.4 Å². The van der Waals surface area contributed by atoms with Crippen LogP contribution in [-0.4, -0.2) is 44.3 Å². The Morgan fingerprint density at radius 3 is 2.68 bits per heavy atom. The van der Waals surface area contributed by atoms with Crippen molar-refractivity contribution < 1.29 is 19.5 Å². The van der Waals surface area contributed by atoms with Gasteiger partial charge in [0.05, 0.1) is 17.8 Å². The van der Waals surface area contributed by atoms with Gasteiger partial charge in [0.2, 0.25) is 11.8 Å². The smallest absolute Gasteiger partial charge is 0.303 e. The number of fused-ring (bicyclic) bond motifs is 1. The number of amides is 2. The zero-order valence-corrected chi connectivity index (χ0v) is 22.5. The molecule has 200 valence electrons. The molecule has 1 aromatic carbocycles. The summed E-state index contributed by atoms with van der Waals surface area (Å²) in [6.07, 6.45) is 9.55. The van der Waals surface area contributed by atoms with E-state index in [9.17, 15) is 14.4 Å². The Morgan fingerprint density at radius 1 is 1.21 bits per heavy atom. The third-order valence-corrected chi connectivity index (χ3v) is 7.08. The lowest BCUT2D eigenvalue weighted by atomic mass is 9.94. The summed E-state index contributed by atoms with van der Waals surface area (Å²) in [5.74, 6) is -1.17. The molecule has 3 aromatic rings. The maximum atomic E-state index is 13.5.